The van der Waals surface area contributed by atoms with Crippen molar-refractivity contribution in [1.82, 2.24) is 0 Å². The Morgan fingerprint density at radius 1 is 0.696 bits per heavy atom. The lowest BCUT2D eigenvalue weighted by atomic mass is 9.91. The van der Waals surface area contributed by atoms with Crippen molar-refractivity contribution in [1.29, 1.82) is 0 Å². The second-order valence-corrected chi connectivity index (χ2v) is 11.9. The molecule has 7 rings (SSSR count). The normalized spacial score (nSPS) is 32.1. The van der Waals surface area contributed by atoms with Crippen LogP contribution in [0.1, 0.15) is 20.8 Å². The summed E-state index contributed by atoms with van der Waals surface area (Å²) in [7, 11) is 1.37. The second-order valence-electron chi connectivity index (χ2n) is 11.9. The third kappa shape index (κ3) is 4.44. The first-order chi connectivity index (χ1) is 21.9. The van der Waals surface area contributed by atoms with Gasteiger partial charge in [-0.15, -0.1) is 0 Å². The molecule has 46 heavy (non-hydrogen) atoms. The van der Waals surface area contributed by atoms with Crippen molar-refractivity contribution in [3.63, 3.8) is 0 Å². The molecule has 4 heterocycles. The van der Waals surface area contributed by atoms with Gasteiger partial charge in [0.05, 0.1) is 30.8 Å². The van der Waals surface area contributed by atoms with Crippen molar-refractivity contribution in [2.75, 3.05) is 7.11 Å². The molecule has 2 aliphatic rings. The summed E-state index contributed by atoms with van der Waals surface area (Å²) in [6, 6.07) is 7.44. The quantitative estimate of drug-likeness (QED) is 0.105. The maximum absolute atomic E-state index is 13.4. The first kappa shape index (κ1) is 30.6. The van der Waals surface area contributed by atoms with Crippen LogP contribution < -0.4 is 20.7 Å². The number of aromatic hydroxyl groups is 1. The Kier molecular flexibility index (Phi) is 7.36. The zero-order valence-corrected chi connectivity index (χ0v) is 25.1. The number of fused-ring (bicyclic) bond motifs is 2. The first-order valence-electron chi connectivity index (χ1n) is 14.8. The van der Waals surface area contributed by atoms with Gasteiger partial charge in [0, 0.05) is 22.1 Å². The van der Waals surface area contributed by atoms with Gasteiger partial charge in [0.25, 0.3) is 0 Å². The lowest BCUT2D eigenvalue weighted by Crippen LogP contribution is -2.62. The third-order valence-electron chi connectivity index (χ3n) is 9.13. The number of aliphatic hydroxyl groups excluding tert-OH is 4. The molecule has 0 spiro atoms. The third-order valence-corrected chi connectivity index (χ3v) is 9.13. The molecule has 0 saturated carbocycles. The summed E-state index contributed by atoms with van der Waals surface area (Å²) in [6.07, 6.45) is -11.1. The summed E-state index contributed by atoms with van der Waals surface area (Å²) in [5.41, 5.74) is -1.69. The molecule has 4 unspecified atom stereocenters. The van der Waals surface area contributed by atoms with Crippen LogP contribution in [0.4, 0.5) is 0 Å². The summed E-state index contributed by atoms with van der Waals surface area (Å²) < 4.78 is 40.6. The highest BCUT2D eigenvalue weighted by molar-refractivity contribution is 6.29. The summed E-state index contributed by atoms with van der Waals surface area (Å²) in [6.45, 7) is 4.74. The van der Waals surface area contributed by atoms with E-state index in [2.05, 4.69) is 0 Å². The minimum absolute atomic E-state index is 0.00176. The SMILES string of the molecule is COc1ccc2oc(=O)c3c(O)c4cccc(O[C@@H]5OC(C)[C@H](O)[C@H](O)C5O[C@H]5OC(C)[C@H](O)C(C)[C@H]5O)c4c4oc(=O)c1c2c34. The molecule has 14 nitrogen and oxygen atoms in total. The van der Waals surface area contributed by atoms with E-state index in [1.807, 2.05) is 0 Å². The Hall–Kier alpha value is -4.02. The van der Waals surface area contributed by atoms with E-state index in [0.29, 0.717) is 0 Å². The predicted molar refractivity (Wildman–Crippen MR) is 160 cm³/mol. The molecule has 244 valence electrons. The Morgan fingerprint density at radius 2 is 1.39 bits per heavy atom. The van der Waals surface area contributed by atoms with Crippen LogP contribution in [0.25, 0.3) is 43.5 Å². The topological polar surface area (TPSA) is 208 Å². The molecule has 0 bridgehead atoms. The van der Waals surface area contributed by atoms with E-state index in [-0.39, 0.29) is 55.0 Å². The number of rotatable bonds is 5. The van der Waals surface area contributed by atoms with Gasteiger partial charge < -0.3 is 58.1 Å². The Balaban J connectivity index is 1.40. The van der Waals surface area contributed by atoms with Crippen molar-refractivity contribution >= 4 is 43.5 Å². The predicted octanol–water partition coefficient (Wildman–Crippen LogP) is 1.69. The number of ether oxygens (including phenoxy) is 5. The van der Waals surface area contributed by atoms with Gasteiger partial charge in [-0.3, -0.25) is 0 Å². The summed E-state index contributed by atoms with van der Waals surface area (Å²) in [5, 5.41) is 54.6. The van der Waals surface area contributed by atoms with Crippen LogP contribution in [0.2, 0.25) is 0 Å². The highest BCUT2D eigenvalue weighted by Gasteiger charge is 2.49. The van der Waals surface area contributed by atoms with Crippen LogP contribution >= 0.6 is 0 Å². The maximum Gasteiger partial charge on any atom is 0.348 e. The molecule has 0 radical (unpaired) electrons. The fourth-order valence-electron chi connectivity index (χ4n) is 6.54. The van der Waals surface area contributed by atoms with E-state index in [9.17, 15) is 35.1 Å². The molecule has 10 atom stereocenters. The molecule has 2 fully saturated rings. The number of phenolic OH excluding ortho intramolecular Hbond substituents is 1. The number of benzene rings is 3. The molecule has 5 N–H and O–H groups in total. The van der Waals surface area contributed by atoms with Crippen LogP contribution in [0.15, 0.2) is 48.8 Å². The number of aliphatic hydroxyl groups is 4. The van der Waals surface area contributed by atoms with Gasteiger partial charge in [0.15, 0.2) is 18.0 Å². The van der Waals surface area contributed by atoms with Crippen LogP contribution in [0.5, 0.6) is 17.2 Å². The fourth-order valence-corrected chi connectivity index (χ4v) is 6.54. The summed E-state index contributed by atoms with van der Waals surface area (Å²) in [5.74, 6) is -0.931. The van der Waals surface area contributed by atoms with Crippen molar-refractivity contribution in [3.8, 4) is 17.2 Å². The van der Waals surface area contributed by atoms with E-state index < -0.39 is 78.2 Å². The van der Waals surface area contributed by atoms with Crippen molar-refractivity contribution in [2.24, 2.45) is 5.92 Å². The Morgan fingerprint density at radius 3 is 2.13 bits per heavy atom. The smallest absolute Gasteiger partial charge is 0.348 e. The van der Waals surface area contributed by atoms with E-state index >= 15 is 0 Å². The molecular weight excluding hydrogens is 608 g/mol. The monoisotopic (exact) mass is 640 g/mol. The molecule has 3 aromatic carbocycles. The molecule has 0 aliphatic carbocycles. The van der Waals surface area contributed by atoms with E-state index in [4.69, 9.17) is 32.5 Å². The molecule has 2 saturated heterocycles. The zero-order valence-electron chi connectivity index (χ0n) is 25.1. The summed E-state index contributed by atoms with van der Waals surface area (Å²) >= 11 is 0. The molecule has 2 aromatic heterocycles. The largest absolute Gasteiger partial charge is 0.506 e. The number of hydrogen-bond acceptors (Lipinski definition) is 14. The van der Waals surface area contributed by atoms with Gasteiger partial charge in [-0.05, 0) is 32.0 Å². The van der Waals surface area contributed by atoms with Crippen LogP contribution in [-0.4, -0.2) is 88.0 Å². The number of phenols is 1. The van der Waals surface area contributed by atoms with Gasteiger partial charge in [-0.2, -0.15) is 0 Å². The fraction of sp³-hybridized carbons (Fsp3) is 0.438. The average molecular weight is 641 g/mol. The molecule has 5 aromatic rings. The van der Waals surface area contributed by atoms with E-state index in [0.717, 1.165) is 0 Å². The van der Waals surface area contributed by atoms with E-state index in [1.165, 1.54) is 44.4 Å². The lowest BCUT2D eigenvalue weighted by Gasteiger charge is -2.45. The highest BCUT2D eigenvalue weighted by Crippen LogP contribution is 2.46. The average Bonchev–Trinajstić information content (AvgIpc) is 3.03. The minimum atomic E-state index is -1.58. The van der Waals surface area contributed by atoms with Crippen LogP contribution in [0, 0.1) is 5.92 Å². The minimum Gasteiger partial charge on any atom is -0.506 e. The number of hydrogen-bond donors (Lipinski definition) is 5. The van der Waals surface area contributed by atoms with Gasteiger partial charge >= 0.3 is 11.3 Å². The van der Waals surface area contributed by atoms with Crippen molar-refractivity contribution < 1.29 is 58.1 Å². The number of methoxy groups -OCH3 is 1. The lowest BCUT2D eigenvalue weighted by molar-refractivity contribution is -0.346. The van der Waals surface area contributed by atoms with Gasteiger partial charge in [0.2, 0.25) is 6.29 Å². The highest BCUT2D eigenvalue weighted by atomic mass is 16.8. The molecule has 0 amide bonds. The molecular formula is C32H32O14. The van der Waals surface area contributed by atoms with Crippen LogP contribution in [0.3, 0.4) is 0 Å². The molecule has 14 heteroatoms. The van der Waals surface area contributed by atoms with Crippen LogP contribution in [-0.2, 0) is 14.2 Å². The standard InChI is InChI=1S/C32H32O14/c1-10-22(33)11(2)41-31(23(10)34)46-28-26(37)24(35)12(3)42-32(28)44-15-7-5-6-13-17(15)27-20-18-16(43-30(39)21(20)25(13)36)9-8-14(40-4)19(18)29(38)45-27/h5-12,22-24,26,28,31-37H,1-4H3/t10?,11?,12?,22-,23-,24+,26+,28?,31-,32+/m1/s1. The van der Waals surface area contributed by atoms with Gasteiger partial charge in [-0.1, -0.05) is 19.1 Å². The first-order valence-corrected chi connectivity index (χ1v) is 14.8. The van der Waals surface area contributed by atoms with Gasteiger partial charge in [-0.25, -0.2) is 9.59 Å². The second kappa shape index (κ2) is 11.1. The summed E-state index contributed by atoms with van der Waals surface area (Å²) in [4.78, 5) is 26.6. The van der Waals surface area contributed by atoms with Crippen molar-refractivity contribution in [2.45, 2.75) is 76.1 Å². The zero-order chi connectivity index (χ0) is 32.8. The van der Waals surface area contributed by atoms with Crippen molar-refractivity contribution in [3.05, 3.63) is 51.2 Å². The van der Waals surface area contributed by atoms with E-state index in [1.54, 1.807) is 13.8 Å². The van der Waals surface area contributed by atoms with Gasteiger partial charge in [0.1, 0.15) is 51.9 Å². The molecule has 2 aliphatic heterocycles. The maximum atomic E-state index is 13.4. The Labute approximate surface area is 259 Å². The Bertz CT molecular complexity index is 2070.